The number of hydrogen-bond acceptors (Lipinski definition) is 3. The summed E-state index contributed by atoms with van der Waals surface area (Å²) in [5.41, 5.74) is 0.817. The molecule has 2 atom stereocenters. The molecule has 2 N–H and O–H groups in total. The fourth-order valence-corrected chi connectivity index (χ4v) is 4.79. The Morgan fingerprint density at radius 2 is 2.25 bits per heavy atom. The van der Waals surface area contributed by atoms with Gasteiger partial charge in [-0.1, -0.05) is 30.3 Å². The molecule has 0 aliphatic carbocycles. The third-order valence-electron chi connectivity index (χ3n) is 4.89. The molecule has 0 saturated carbocycles. The fourth-order valence-electron chi connectivity index (χ4n) is 3.51. The summed E-state index contributed by atoms with van der Waals surface area (Å²) < 4.78 is 0. The van der Waals surface area contributed by atoms with Crippen LogP contribution in [0.3, 0.4) is 0 Å². The van der Waals surface area contributed by atoms with E-state index >= 15 is 0 Å². The van der Waals surface area contributed by atoms with Gasteiger partial charge in [-0.15, -0.1) is 0 Å². The molecule has 2 aliphatic heterocycles. The SMILES string of the molecule is CCNC(=NCC1(O)CCSC1)N1CCC(Cc2ccccc2)C1. The average Bonchev–Trinajstić information content (AvgIpc) is 3.22. The number of benzene rings is 1. The minimum absolute atomic E-state index is 0.516. The Kier molecular flexibility index (Phi) is 6.06. The fraction of sp³-hybridized carbons (Fsp3) is 0.632. The first kappa shape index (κ1) is 17.6. The van der Waals surface area contributed by atoms with Gasteiger partial charge in [0.15, 0.2) is 5.96 Å². The molecule has 5 heteroatoms. The Hall–Kier alpha value is -1.20. The highest BCUT2D eigenvalue weighted by Crippen LogP contribution is 2.28. The summed E-state index contributed by atoms with van der Waals surface area (Å²) in [7, 11) is 0. The summed E-state index contributed by atoms with van der Waals surface area (Å²) >= 11 is 1.83. The van der Waals surface area contributed by atoms with Crippen molar-refractivity contribution >= 4 is 17.7 Å². The number of rotatable bonds is 5. The van der Waals surface area contributed by atoms with Crippen LogP contribution in [0.4, 0.5) is 0 Å². The maximum absolute atomic E-state index is 10.5. The molecule has 0 bridgehead atoms. The van der Waals surface area contributed by atoms with Crippen molar-refractivity contribution < 1.29 is 5.11 Å². The van der Waals surface area contributed by atoms with Crippen LogP contribution in [0.5, 0.6) is 0 Å². The molecule has 0 spiro atoms. The lowest BCUT2D eigenvalue weighted by Gasteiger charge is -2.24. The van der Waals surface area contributed by atoms with E-state index in [-0.39, 0.29) is 0 Å². The van der Waals surface area contributed by atoms with Crippen LogP contribution in [0, 0.1) is 5.92 Å². The van der Waals surface area contributed by atoms with Gasteiger partial charge in [0.1, 0.15) is 0 Å². The summed E-state index contributed by atoms with van der Waals surface area (Å²) in [4.78, 5) is 7.12. The molecular formula is C19H29N3OS. The number of aliphatic hydroxyl groups is 1. The zero-order chi connectivity index (χ0) is 16.8. The Bertz CT molecular complexity index is 543. The molecule has 24 heavy (non-hydrogen) atoms. The van der Waals surface area contributed by atoms with Gasteiger partial charge >= 0.3 is 0 Å². The van der Waals surface area contributed by atoms with Crippen LogP contribution < -0.4 is 5.32 Å². The van der Waals surface area contributed by atoms with Crippen molar-refractivity contribution in [2.75, 3.05) is 37.7 Å². The van der Waals surface area contributed by atoms with Gasteiger partial charge in [0.25, 0.3) is 0 Å². The smallest absolute Gasteiger partial charge is 0.194 e. The van der Waals surface area contributed by atoms with Crippen LogP contribution in [0.25, 0.3) is 0 Å². The molecular weight excluding hydrogens is 318 g/mol. The van der Waals surface area contributed by atoms with E-state index in [1.165, 1.54) is 12.0 Å². The number of thioether (sulfide) groups is 1. The van der Waals surface area contributed by atoms with Gasteiger partial charge in [0.05, 0.1) is 12.1 Å². The van der Waals surface area contributed by atoms with E-state index in [4.69, 9.17) is 4.99 Å². The largest absolute Gasteiger partial charge is 0.387 e. The molecule has 0 aromatic heterocycles. The van der Waals surface area contributed by atoms with Crippen molar-refractivity contribution in [3.8, 4) is 0 Å². The molecule has 1 aromatic rings. The highest BCUT2D eigenvalue weighted by atomic mass is 32.2. The predicted molar refractivity (Wildman–Crippen MR) is 103 cm³/mol. The van der Waals surface area contributed by atoms with E-state index in [1.54, 1.807) is 0 Å². The minimum atomic E-state index is -0.603. The number of aliphatic imine (C=N–C) groups is 1. The van der Waals surface area contributed by atoms with Gasteiger partial charge in [0, 0.05) is 25.4 Å². The average molecular weight is 348 g/mol. The second-order valence-corrected chi connectivity index (χ2v) is 8.09. The first-order valence-electron chi connectivity index (χ1n) is 9.06. The molecule has 2 saturated heterocycles. The van der Waals surface area contributed by atoms with E-state index in [1.807, 2.05) is 11.8 Å². The standard InChI is InChI=1S/C19H29N3OS/c1-2-20-18(21-14-19(23)9-11-24-15-19)22-10-8-17(13-22)12-16-6-4-3-5-7-16/h3-7,17,23H,2,8-15H2,1H3,(H,20,21). The molecule has 132 valence electrons. The molecule has 1 aromatic carbocycles. The monoisotopic (exact) mass is 347 g/mol. The number of nitrogens with one attached hydrogen (secondary N) is 1. The Balaban J connectivity index is 1.58. The summed E-state index contributed by atoms with van der Waals surface area (Å²) in [6.45, 7) is 5.59. The predicted octanol–water partition coefficient (Wildman–Crippen LogP) is 2.38. The van der Waals surface area contributed by atoms with Crippen molar-refractivity contribution in [3.63, 3.8) is 0 Å². The second kappa shape index (κ2) is 8.26. The van der Waals surface area contributed by atoms with Gasteiger partial charge in [0.2, 0.25) is 0 Å². The Morgan fingerprint density at radius 3 is 2.96 bits per heavy atom. The summed E-state index contributed by atoms with van der Waals surface area (Å²) in [6.07, 6.45) is 3.20. The Labute approximate surface area is 149 Å². The third kappa shape index (κ3) is 4.67. The minimum Gasteiger partial charge on any atom is -0.387 e. The van der Waals surface area contributed by atoms with Gasteiger partial charge in [-0.25, -0.2) is 0 Å². The molecule has 2 fully saturated rings. The lowest BCUT2D eigenvalue weighted by molar-refractivity contribution is 0.0776. The highest BCUT2D eigenvalue weighted by Gasteiger charge is 2.32. The quantitative estimate of drug-likeness (QED) is 0.634. The second-order valence-electron chi connectivity index (χ2n) is 6.99. The van der Waals surface area contributed by atoms with Gasteiger partial charge < -0.3 is 15.3 Å². The normalized spacial score (nSPS) is 27.7. The zero-order valence-corrected chi connectivity index (χ0v) is 15.4. The van der Waals surface area contributed by atoms with Crippen molar-refractivity contribution in [1.29, 1.82) is 0 Å². The summed E-state index contributed by atoms with van der Waals surface area (Å²) in [5, 5.41) is 13.9. The maximum atomic E-state index is 10.5. The van der Waals surface area contributed by atoms with Crippen molar-refractivity contribution in [3.05, 3.63) is 35.9 Å². The molecule has 2 heterocycles. The first-order chi connectivity index (χ1) is 11.7. The van der Waals surface area contributed by atoms with Crippen molar-refractivity contribution in [2.45, 2.75) is 31.8 Å². The third-order valence-corrected chi connectivity index (χ3v) is 6.13. The molecule has 2 aliphatic rings. The highest BCUT2D eigenvalue weighted by molar-refractivity contribution is 7.99. The van der Waals surface area contributed by atoms with E-state index in [2.05, 4.69) is 47.5 Å². The van der Waals surface area contributed by atoms with E-state index in [0.29, 0.717) is 12.5 Å². The van der Waals surface area contributed by atoms with Crippen LogP contribution in [0.1, 0.15) is 25.3 Å². The van der Waals surface area contributed by atoms with Gasteiger partial charge in [-0.2, -0.15) is 11.8 Å². The van der Waals surface area contributed by atoms with E-state index in [0.717, 1.165) is 49.9 Å². The molecule has 2 unspecified atom stereocenters. The van der Waals surface area contributed by atoms with Crippen LogP contribution in [0.15, 0.2) is 35.3 Å². The van der Waals surface area contributed by atoms with Crippen molar-refractivity contribution in [1.82, 2.24) is 10.2 Å². The Morgan fingerprint density at radius 1 is 1.42 bits per heavy atom. The lowest BCUT2D eigenvalue weighted by Crippen LogP contribution is -2.42. The molecule has 0 amide bonds. The lowest BCUT2D eigenvalue weighted by atomic mass is 9.99. The number of nitrogens with zero attached hydrogens (tertiary/aromatic N) is 2. The van der Waals surface area contributed by atoms with E-state index < -0.39 is 5.60 Å². The van der Waals surface area contributed by atoms with Crippen LogP contribution in [0.2, 0.25) is 0 Å². The molecule has 0 radical (unpaired) electrons. The number of guanidine groups is 1. The van der Waals surface area contributed by atoms with Gasteiger partial charge in [-0.05, 0) is 43.4 Å². The van der Waals surface area contributed by atoms with Gasteiger partial charge in [-0.3, -0.25) is 4.99 Å². The molecule has 4 nitrogen and oxygen atoms in total. The van der Waals surface area contributed by atoms with E-state index in [9.17, 15) is 5.11 Å². The number of hydrogen-bond donors (Lipinski definition) is 2. The van der Waals surface area contributed by atoms with Crippen molar-refractivity contribution in [2.24, 2.45) is 10.9 Å². The zero-order valence-electron chi connectivity index (χ0n) is 14.6. The van der Waals surface area contributed by atoms with Crippen LogP contribution >= 0.6 is 11.8 Å². The number of likely N-dealkylation sites (tertiary alicyclic amines) is 1. The first-order valence-corrected chi connectivity index (χ1v) is 10.2. The topological polar surface area (TPSA) is 47.9 Å². The molecule has 3 rings (SSSR count). The summed E-state index contributed by atoms with van der Waals surface area (Å²) in [6, 6.07) is 10.7. The maximum Gasteiger partial charge on any atom is 0.194 e. The summed E-state index contributed by atoms with van der Waals surface area (Å²) in [5.74, 6) is 3.51. The van der Waals surface area contributed by atoms with Crippen LogP contribution in [-0.2, 0) is 6.42 Å². The van der Waals surface area contributed by atoms with Crippen LogP contribution in [-0.4, -0.2) is 59.3 Å².